The molecule has 0 unspecified atom stereocenters. The molecule has 1 N–H and O–H groups in total. The maximum Gasteiger partial charge on any atom is 0.126 e. The molecule has 3 heterocycles. The van der Waals surface area contributed by atoms with Gasteiger partial charge in [0, 0.05) is 19.3 Å². The van der Waals surface area contributed by atoms with E-state index in [-0.39, 0.29) is 0 Å². The number of fused-ring (bicyclic) bond motifs is 1. The van der Waals surface area contributed by atoms with Crippen LogP contribution in [0.1, 0.15) is 44.1 Å². The van der Waals surface area contributed by atoms with Crippen LogP contribution in [0.25, 0.3) is 11.0 Å². The van der Waals surface area contributed by atoms with Crippen LogP contribution < -0.4 is 4.90 Å². The Kier molecular flexibility index (Phi) is 3.87. The molecule has 1 aliphatic heterocycles. The summed E-state index contributed by atoms with van der Waals surface area (Å²) in [6, 6.07) is 6.23. The number of anilines is 1. The summed E-state index contributed by atoms with van der Waals surface area (Å²) in [5, 5.41) is 9.48. The van der Waals surface area contributed by atoms with Crippen molar-refractivity contribution in [3.05, 3.63) is 23.9 Å². The highest BCUT2D eigenvalue weighted by atomic mass is 15.2. The molecule has 0 aliphatic carbocycles. The number of rotatable bonds is 1. The summed E-state index contributed by atoms with van der Waals surface area (Å²) in [5.41, 5.74) is 2.45. The highest BCUT2D eigenvalue weighted by Gasteiger charge is 2.18. The Morgan fingerprint density at radius 1 is 1.10 bits per heavy atom. The van der Waals surface area contributed by atoms with E-state index >= 15 is 0 Å². The van der Waals surface area contributed by atoms with Gasteiger partial charge in [-0.15, -0.1) is 0 Å². The van der Waals surface area contributed by atoms with Crippen LogP contribution in [0.4, 0.5) is 5.82 Å². The molecular formula is C16H20N4. The molecule has 20 heavy (non-hydrogen) atoms. The lowest BCUT2D eigenvalue weighted by Gasteiger charge is -2.22. The van der Waals surface area contributed by atoms with Gasteiger partial charge in [-0.05, 0) is 25.0 Å². The van der Waals surface area contributed by atoms with Gasteiger partial charge < -0.3 is 9.88 Å². The van der Waals surface area contributed by atoms with Gasteiger partial charge in [0.25, 0.3) is 0 Å². The van der Waals surface area contributed by atoms with Gasteiger partial charge in [-0.3, -0.25) is 4.98 Å². The Bertz CT molecular complexity index is 613. The molecule has 4 nitrogen and oxygen atoms in total. The van der Waals surface area contributed by atoms with Crippen molar-refractivity contribution < 1.29 is 0 Å². The minimum absolute atomic E-state index is 0.694. The average Bonchev–Trinajstić information content (AvgIpc) is 2.91. The summed E-state index contributed by atoms with van der Waals surface area (Å²) in [6.45, 7) is 2.06. The fourth-order valence-corrected chi connectivity index (χ4v) is 3.00. The van der Waals surface area contributed by atoms with Gasteiger partial charge in [0.15, 0.2) is 0 Å². The molecule has 0 amide bonds. The van der Waals surface area contributed by atoms with E-state index in [2.05, 4.69) is 20.9 Å². The largest absolute Gasteiger partial charge is 0.357 e. The highest BCUT2D eigenvalue weighted by molar-refractivity contribution is 5.88. The number of nitrogens with zero attached hydrogens (tertiary/aromatic N) is 3. The molecule has 2 aromatic rings. The number of pyridine rings is 1. The van der Waals surface area contributed by atoms with Crippen LogP contribution in [0, 0.1) is 11.3 Å². The molecule has 1 saturated heterocycles. The molecule has 2 aromatic heterocycles. The van der Waals surface area contributed by atoms with Crippen molar-refractivity contribution in [2.45, 2.75) is 38.5 Å². The van der Waals surface area contributed by atoms with E-state index in [1.54, 1.807) is 6.20 Å². The lowest BCUT2D eigenvalue weighted by atomic mass is 10.1. The Hall–Kier alpha value is -2.02. The monoisotopic (exact) mass is 268 g/mol. The van der Waals surface area contributed by atoms with E-state index in [4.69, 9.17) is 0 Å². The molecular weight excluding hydrogens is 248 g/mol. The van der Waals surface area contributed by atoms with Crippen molar-refractivity contribution >= 4 is 16.9 Å². The van der Waals surface area contributed by atoms with Gasteiger partial charge in [-0.2, -0.15) is 5.26 Å². The number of nitriles is 1. The molecule has 0 radical (unpaired) electrons. The van der Waals surface area contributed by atoms with Crippen LogP contribution in [0.3, 0.4) is 0 Å². The maximum atomic E-state index is 9.48. The van der Waals surface area contributed by atoms with Gasteiger partial charge in [0.1, 0.15) is 23.0 Å². The second-order valence-electron chi connectivity index (χ2n) is 5.47. The van der Waals surface area contributed by atoms with Crippen LogP contribution in [0.5, 0.6) is 0 Å². The van der Waals surface area contributed by atoms with E-state index in [1.807, 2.05) is 12.1 Å². The smallest absolute Gasteiger partial charge is 0.126 e. The highest BCUT2D eigenvalue weighted by Crippen LogP contribution is 2.28. The van der Waals surface area contributed by atoms with Crippen LogP contribution in [-0.2, 0) is 0 Å². The van der Waals surface area contributed by atoms with Crippen LogP contribution in [-0.4, -0.2) is 23.1 Å². The summed E-state index contributed by atoms with van der Waals surface area (Å²) in [4.78, 5) is 10.1. The van der Waals surface area contributed by atoms with Crippen molar-refractivity contribution in [1.29, 1.82) is 5.26 Å². The van der Waals surface area contributed by atoms with Crippen molar-refractivity contribution in [3.63, 3.8) is 0 Å². The summed E-state index contributed by atoms with van der Waals surface area (Å²) in [7, 11) is 0. The Morgan fingerprint density at radius 3 is 2.50 bits per heavy atom. The van der Waals surface area contributed by atoms with Crippen molar-refractivity contribution in [1.82, 2.24) is 9.97 Å². The van der Waals surface area contributed by atoms with Gasteiger partial charge in [0.2, 0.25) is 0 Å². The van der Waals surface area contributed by atoms with Crippen LogP contribution >= 0.6 is 0 Å². The molecule has 0 atom stereocenters. The van der Waals surface area contributed by atoms with Crippen molar-refractivity contribution in [2.24, 2.45) is 0 Å². The number of H-pyrrole nitrogens is 1. The zero-order valence-electron chi connectivity index (χ0n) is 11.7. The number of aromatic amines is 1. The third-order valence-corrected chi connectivity index (χ3v) is 4.07. The van der Waals surface area contributed by atoms with Crippen molar-refractivity contribution in [2.75, 3.05) is 18.0 Å². The molecule has 0 spiro atoms. The van der Waals surface area contributed by atoms with Crippen molar-refractivity contribution in [3.8, 4) is 6.07 Å². The molecule has 4 heteroatoms. The quantitative estimate of drug-likeness (QED) is 0.859. The minimum atomic E-state index is 0.694. The molecule has 0 saturated carbocycles. The number of hydrogen-bond acceptors (Lipinski definition) is 3. The van der Waals surface area contributed by atoms with Gasteiger partial charge in [-0.25, -0.2) is 0 Å². The Balaban J connectivity index is 1.96. The Morgan fingerprint density at radius 2 is 1.80 bits per heavy atom. The zero-order chi connectivity index (χ0) is 13.8. The van der Waals surface area contributed by atoms with Crippen LogP contribution in [0.15, 0.2) is 18.3 Å². The molecule has 0 aromatic carbocycles. The third kappa shape index (κ3) is 2.49. The fourth-order valence-electron chi connectivity index (χ4n) is 3.00. The van der Waals surface area contributed by atoms with E-state index in [0.29, 0.717) is 5.56 Å². The predicted octanol–water partition coefficient (Wildman–Crippen LogP) is 3.60. The minimum Gasteiger partial charge on any atom is -0.357 e. The lowest BCUT2D eigenvalue weighted by Crippen LogP contribution is -2.26. The van der Waals surface area contributed by atoms with Crippen LogP contribution in [0.2, 0.25) is 0 Å². The fraction of sp³-hybridized carbons (Fsp3) is 0.500. The molecule has 0 bridgehead atoms. The Labute approximate surface area is 119 Å². The summed E-state index contributed by atoms with van der Waals surface area (Å²) in [6.07, 6.45) is 9.41. The molecule has 3 rings (SSSR count). The SMILES string of the molecule is N#Cc1c(N2CCCCCCCC2)[nH]c2cccnc12. The zero-order valence-corrected chi connectivity index (χ0v) is 11.7. The van der Waals surface area contributed by atoms with Gasteiger partial charge in [0.05, 0.1) is 5.52 Å². The first kappa shape index (κ1) is 13.0. The summed E-state index contributed by atoms with van der Waals surface area (Å²) < 4.78 is 0. The van der Waals surface area contributed by atoms with E-state index in [1.165, 1.54) is 38.5 Å². The third-order valence-electron chi connectivity index (χ3n) is 4.07. The summed E-state index contributed by atoms with van der Waals surface area (Å²) >= 11 is 0. The number of aromatic nitrogens is 2. The number of hydrogen-bond donors (Lipinski definition) is 1. The lowest BCUT2D eigenvalue weighted by molar-refractivity contribution is 0.636. The molecule has 1 fully saturated rings. The summed E-state index contributed by atoms with van der Waals surface area (Å²) in [5.74, 6) is 0.961. The van der Waals surface area contributed by atoms with Gasteiger partial charge >= 0.3 is 0 Å². The molecule has 104 valence electrons. The second kappa shape index (κ2) is 5.96. The number of nitrogens with one attached hydrogen (secondary N) is 1. The molecule has 1 aliphatic rings. The maximum absolute atomic E-state index is 9.48. The van der Waals surface area contributed by atoms with Gasteiger partial charge in [-0.1, -0.05) is 25.7 Å². The first-order valence-electron chi connectivity index (χ1n) is 7.52. The average molecular weight is 268 g/mol. The standard InChI is InChI=1S/C16H20N4/c17-12-13-15-14(8-7-9-18-15)19-16(13)20-10-5-3-1-2-4-6-11-20/h7-9,19H,1-6,10-11H2. The normalized spacial score (nSPS) is 17.2. The second-order valence-corrected chi connectivity index (χ2v) is 5.47. The van der Waals surface area contributed by atoms with E-state index in [0.717, 1.165) is 29.9 Å². The first-order chi connectivity index (χ1) is 9.90. The first-order valence-corrected chi connectivity index (χ1v) is 7.52. The predicted molar refractivity (Wildman–Crippen MR) is 80.7 cm³/mol. The van der Waals surface area contributed by atoms with E-state index in [9.17, 15) is 5.26 Å². The topological polar surface area (TPSA) is 55.7 Å². The van der Waals surface area contributed by atoms with E-state index < -0.39 is 0 Å².